The van der Waals surface area contributed by atoms with Crippen LogP contribution in [0.15, 0.2) is 0 Å². The monoisotopic (exact) mass is 168 g/mol. The fourth-order valence-corrected chi connectivity index (χ4v) is 1.23. The number of carbonyl (C=O) groups is 1. The summed E-state index contributed by atoms with van der Waals surface area (Å²) in [6.07, 6.45) is 0.516. The van der Waals surface area contributed by atoms with Crippen LogP contribution in [0.2, 0.25) is 0 Å². The molecule has 0 saturated heterocycles. The molecule has 1 fully saturated rings. The first kappa shape index (κ1) is 7.16. The number of hydrogen-bond donors (Lipinski definition) is 0. The Morgan fingerprint density at radius 1 is 1.67 bits per heavy atom. The molecule has 2 nitrogen and oxygen atoms in total. The van der Waals surface area contributed by atoms with Crippen LogP contribution in [0.4, 0.5) is 0 Å². The molecule has 0 aromatic rings. The van der Waals surface area contributed by atoms with E-state index < -0.39 is 9.93 Å². The van der Waals surface area contributed by atoms with Gasteiger partial charge in [0, 0.05) is 6.42 Å². The Hall–Kier alpha value is 0.0500. The standard InChI is InChI=1S/C5H6Cl2O2/c1-4(6)2-5(4,7)9-3-8/h3H,2H2,1H3. The van der Waals surface area contributed by atoms with Gasteiger partial charge in [0.05, 0.1) is 0 Å². The molecule has 0 amide bonds. The summed E-state index contributed by atoms with van der Waals surface area (Å²) in [5, 5.41) is -0.934. The fraction of sp³-hybridized carbons (Fsp3) is 0.800. The van der Waals surface area contributed by atoms with Crippen molar-refractivity contribution in [2.45, 2.75) is 23.3 Å². The summed E-state index contributed by atoms with van der Waals surface area (Å²) in [5.74, 6) is 0. The van der Waals surface area contributed by atoms with Crippen LogP contribution >= 0.6 is 23.2 Å². The topological polar surface area (TPSA) is 26.3 Å². The Balaban J connectivity index is 2.52. The quantitative estimate of drug-likeness (QED) is 0.462. The van der Waals surface area contributed by atoms with Gasteiger partial charge in [0.25, 0.3) is 6.47 Å². The first-order valence-electron chi connectivity index (χ1n) is 2.51. The lowest BCUT2D eigenvalue weighted by atomic mass is 10.5. The molecule has 0 N–H and O–H groups in total. The summed E-state index contributed by atoms with van der Waals surface area (Å²) in [7, 11) is 0. The first-order chi connectivity index (χ1) is 4.02. The molecule has 0 aromatic heterocycles. The van der Waals surface area contributed by atoms with Crippen LogP contribution < -0.4 is 0 Å². The molecule has 0 heterocycles. The molecule has 9 heavy (non-hydrogen) atoms. The highest BCUT2D eigenvalue weighted by molar-refractivity contribution is 6.38. The Kier molecular flexibility index (Phi) is 1.41. The maximum absolute atomic E-state index is 9.78. The van der Waals surface area contributed by atoms with Gasteiger partial charge in [0.15, 0.2) is 0 Å². The fourth-order valence-electron chi connectivity index (χ4n) is 0.624. The molecule has 1 saturated carbocycles. The van der Waals surface area contributed by atoms with Crippen molar-refractivity contribution in [2.75, 3.05) is 0 Å². The van der Waals surface area contributed by atoms with E-state index in [9.17, 15) is 4.79 Å². The zero-order chi connectivity index (χ0) is 7.12. The van der Waals surface area contributed by atoms with Gasteiger partial charge in [-0.1, -0.05) is 11.6 Å². The highest BCUT2D eigenvalue weighted by atomic mass is 35.5. The molecule has 1 rings (SSSR count). The van der Waals surface area contributed by atoms with Gasteiger partial charge in [-0.3, -0.25) is 4.79 Å². The summed E-state index contributed by atoms with van der Waals surface area (Å²) in [4.78, 5) is 9.22. The normalized spacial score (nSPS) is 48.3. The molecular weight excluding hydrogens is 163 g/mol. The lowest BCUT2D eigenvalue weighted by molar-refractivity contribution is -0.131. The van der Waals surface area contributed by atoms with E-state index in [1.165, 1.54) is 0 Å². The lowest BCUT2D eigenvalue weighted by Gasteiger charge is -2.06. The lowest BCUT2D eigenvalue weighted by Crippen LogP contribution is -2.14. The third-order valence-corrected chi connectivity index (χ3v) is 2.62. The predicted molar refractivity (Wildman–Crippen MR) is 34.6 cm³/mol. The summed E-state index contributed by atoms with van der Waals surface area (Å²) in [6, 6.07) is 0. The summed E-state index contributed by atoms with van der Waals surface area (Å²) >= 11 is 11.4. The maximum atomic E-state index is 9.78. The van der Waals surface area contributed by atoms with Gasteiger partial charge in [0.1, 0.15) is 4.87 Å². The van der Waals surface area contributed by atoms with Crippen molar-refractivity contribution < 1.29 is 9.53 Å². The number of hydrogen-bond acceptors (Lipinski definition) is 2. The zero-order valence-corrected chi connectivity index (χ0v) is 6.37. The molecule has 0 aromatic carbocycles. The Bertz CT molecular complexity index is 146. The van der Waals surface area contributed by atoms with Gasteiger partial charge >= 0.3 is 0 Å². The first-order valence-corrected chi connectivity index (χ1v) is 3.27. The summed E-state index contributed by atoms with van der Waals surface area (Å²) in [5.41, 5.74) is 0. The van der Waals surface area contributed by atoms with Crippen molar-refractivity contribution >= 4 is 29.7 Å². The van der Waals surface area contributed by atoms with E-state index in [1.54, 1.807) is 6.92 Å². The summed E-state index contributed by atoms with van der Waals surface area (Å²) in [6.45, 7) is 2.05. The van der Waals surface area contributed by atoms with Crippen LogP contribution in [0, 0.1) is 0 Å². The highest BCUT2D eigenvalue weighted by Gasteiger charge is 2.66. The van der Waals surface area contributed by atoms with E-state index in [2.05, 4.69) is 4.74 Å². The number of rotatable bonds is 2. The van der Waals surface area contributed by atoms with Crippen LogP contribution in [0.1, 0.15) is 13.3 Å². The van der Waals surface area contributed by atoms with Gasteiger partial charge in [-0.05, 0) is 6.92 Å². The Morgan fingerprint density at radius 3 is 2.22 bits per heavy atom. The molecule has 1 aliphatic carbocycles. The second-order valence-electron chi connectivity index (χ2n) is 2.32. The van der Waals surface area contributed by atoms with E-state index in [0.29, 0.717) is 12.9 Å². The molecule has 1 aliphatic rings. The molecule has 0 radical (unpaired) electrons. The van der Waals surface area contributed by atoms with Crippen molar-refractivity contribution in [1.29, 1.82) is 0 Å². The van der Waals surface area contributed by atoms with E-state index in [-0.39, 0.29) is 0 Å². The van der Waals surface area contributed by atoms with Crippen LogP contribution in [-0.4, -0.2) is 16.4 Å². The third-order valence-electron chi connectivity index (χ3n) is 1.45. The van der Waals surface area contributed by atoms with Crippen molar-refractivity contribution in [3.05, 3.63) is 0 Å². The number of halogens is 2. The van der Waals surface area contributed by atoms with Crippen molar-refractivity contribution in [2.24, 2.45) is 0 Å². The Morgan fingerprint density at radius 2 is 2.11 bits per heavy atom. The number of alkyl halides is 2. The second kappa shape index (κ2) is 1.77. The zero-order valence-electron chi connectivity index (χ0n) is 4.86. The van der Waals surface area contributed by atoms with Crippen molar-refractivity contribution in [3.63, 3.8) is 0 Å². The van der Waals surface area contributed by atoms with Crippen LogP contribution in [-0.2, 0) is 9.53 Å². The number of carbonyl (C=O) groups excluding carboxylic acids is 1. The smallest absolute Gasteiger partial charge is 0.294 e. The summed E-state index contributed by atoms with van der Waals surface area (Å²) < 4.78 is 4.51. The molecule has 52 valence electrons. The van der Waals surface area contributed by atoms with Crippen LogP contribution in [0.3, 0.4) is 0 Å². The van der Waals surface area contributed by atoms with Crippen molar-refractivity contribution in [3.8, 4) is 0 Å². The van der Waals surface area contributed by atoms with E-state index in [4.69, 9.17) is 23.2 Å². The van der Waals surface area contributed by atoms with Crippen molar-refractivity contribution in [1.82, 2.24) is 0 Å². The average molecular weight is 169 g/mol. The molecule has 2 unspecified atom stereocenters. The van der Waals surface area contributed by atoms with Gasteiger partial charge in [0.2, 0.25) is 5.06 Å². The van der Waals surface area contributed by atoms with Gasteiger partial charge in [-0.25, -0.2) is 0 Å². The largest absolute Gasteiger partial charge is 0.443 e. The van der Waals surface area contributed by atoms with E-state index in [1.807, 2.05) is 0 Å². The molecule has 0 spiro atoms. The van der Waals surface area contributed by atoms with Crippen LogP contribution in [0.25, 0.3) is 0 Å². The minimum atomic E-state index is -0.934. The second-order valence-corrected chi connectivity index (χ2v) is 3.76. The minimum absolute atomic E-state index is 0.320. The molecule has 2 atom stereocenters. The van der Waals surface area contributed by atoms with E-state index in [0.717, 1.165) is 0 Å². The number of ether oxygens (including phenoxy) is 1. The minimum Gasteiger partial charge on any atom is -0.443 e. The van der Waals surface area contributed by atoms with E-state index >= 15 is 0 Å². The van der Waals surface area contributed by atoms with Gasteiger partial charge in [-0.15, -0.1) is 11.6 Å². The molecular formula is C5H6Cl2O2. The average Bonchev–Trinajstić information content (AvgIpc) is 2.07. The SMILES string of the molecule is CC1(Cl)CC1(Cl)OC=O. The third kappa shape index (κ3) is 1.01. The molecule has 0 aliphatic heterocycles. The van der Waals surface area contributed by atoms with Gasteiger partial charge < -0.3 is 4.74 Å². The predicted octanol–water partition coefficient (Wildman–Crippen LogP) is 1.50. The van der Waals surface area contributed by atoms with Crippen LogP contribution in [0.5, 0.6) is 0 Å². The molecule has 0 bridgehead atoms. The van der Waals surface area contributed by atoms with Gasteiger partial charge in [-0.2, -0.15) is 0 Å². The maximum Gasteiger partial charge on any atom is 0.294 e. The highest BCUT2D eigenvalue weighted by Crippen LogP contribution is 2.58. The Labute approximate surface area is 63.1 Å². The molecule has 4 heteroatoms.